The van der Waals surface area contributed by atoms with Gasteiger partial charge in [-0.05, 0) is 80.5 Å². The van der Waals surface area contributed by atoms with Gasteiger partial charge in [0.1, 0.15) is 5.82 Å². The van der Waals surface area contributed by atoms with E-state index in [1.54, 1.807) is 23.1 Å². The molecule has 2 heterocycles. The van der Waals surface area contributed by atoms with Crippen LogP contribution in [0.5, 0.6) is 0 Å². The van der Waals surface area contributed by atoms with E-state index >= 15 is 0 Å². The lowest BCUT2D eigenvalue weighted by atomic mass is 10.1. The Morgan fingerprint density at radius 1 is 1.02 bits per heavy atom. The summed E-state index contributed by atoms with van der Waals surface area (Å²) in [5.41, 5.74) is 6.82. The van der Waals surface area contributed by atoms with Gasteiger partial charge in [0, 0.05) is 49.7 Å². The first-order valence-corrected chi connectivity index (χ1v) is 14.6. The summed E-state index contributed by atoms with van der Waals surface area (Å²) < 4.78 is 67.4. The van der Waals surface area contributed by atoms with Crippen molar-refractivity contribution in [2.45, 2.75) is 31.0 Å². The minimum absolute atomic E-state index is 0.0579. The monoisotopic (exact) mass is 590 g/mol. The molecule has 2 aromatic carbocycles. The molecule has 220 valence electrons. The number of sulfonamides is 1. The molecule has 3 aromatic rings. The van der Waals surface area contributed by atoms with Crippen molar-refractivity contribution in [2.24, 2.45) is 5.73 Å². The van der Waals surface area contributed by atoms with Crippen molar-refractivity contribution < 1.29 is 26.4 Å². The molecule has 0 aliphatic carbocycles. The smallest absolute Gasteiger partial charge is 0.354 e. The normalized spacial score (nSPS) is 14.7. The van der Waals surface area contributed by atoms with E-state index in [1.165, 1.54) is 35.5 Å². The minimum Gasteiger partial charge on any atom is -0.354 e. The Morgan fingerprint density at radius 3 is 2.39 bits per heavy atom. The van der Waals surface area contributed by atoms with Gasteiger partial charge in [-0.15, -0.1) is 0 Å². The van der Waals surface area contributed by atoms with Crippen LogP contribution in [0, 0.1) is 6.92 Å². The van der Waals surface area contributed by atoms with Crippen LogP contribution in [-0.2, 0) is 22.7 Å². The third kappa shape index (κ3) is 7.82. The molecule has 13 heteroatoms. The number of anilines is 2. The quantitative estimate of drug-likeness (QED) is 0.309. The number of aromatic nitrogens is 1. The van der Waals surface area contributed by atoms with Gasteiger partial charge < -0.3 is 21.3 Å². The van der Waals surface area contributed by atoms with Crippen LogP contribution in [0.2, 0.25) is 0 Å². The van der Waals surface area contributed by atoms with E-state index in [-0.39, 0.29) is 48.5 Å². The molecule has 9 nitrogen and oxygen atoms in total. The molecular formula is C28H33F3N6O3S. The molecule has 0 spiro atoms. The van der Waals surface area contributed by atoms with Crippen LogP contribution >= 0.6 is 0 Å². The van der Waals surface area contributed by atoms with Crippen LogP contribution in [0.15, 0.2) is 65.6 Å². The highest BCUT2D eigenvalue weighted by atomic mass is 32.2. The summed E-state index contributed by atoms with van der Waals surface area (Å²) in [6.45, 7) is 4.07. The molecule has 0 unspecified atom stereocenters. The predicted molar refractivity (Wildman–Crippen MR) is 151 cm³/mol. The highest BCUT2D eigenvalue weighted by molar-refractivity contribution is 7.89. The van der Waals surface area contributed by atoms with Crippen molar-refractivity contribution in [1.82, 2.24) is 14.6 Å². The first-order valence-electron chi connectivity index (χ1n) is 13.2. The Hall–Kier alpha value is -3.52. The molecule has 1 amide bonds. The number of nitrogens with zero attached hydrogens (tertiary/aromatic N) is 3. The predicted octanol–water partition coefficient (Wildman–Crippen LogP) is 3.61. The molecule has 0 saturated carbocycles. The number of hydrogen-bond donors (Lipinski definition) is 3. The Morgan fingerprint density at radius 2 is 1.73 bits per heavy atom. The van der Waals surface area contributed by atoms with E-state index < -0.39 is 21.8 Å². The SMILES string of the molecule is Cc1cc(C(F)(F)F)cc(N2CCN(S(=O)(=O)c3ccc(NC(=O)c4cccc(CNCCCN)c4)cc3)CC2)n1. The van der Waals surface area contributed by atoms with Gasteiger partial charge in [-0.25, -0.2) is 13.4 Å². The molecule has 0 radical (unpaired) electrons. The standard InChI is InChI=1S/C28H33F3N6O3S/c1-20-16-23(28(29,30)31)18-26(34-20)36-12-14-37(15-13-36)41(39,40)25-8-6-24(7-9-25)35-27(38)22-5-2-4-21(17-22)19-33-11-3-10-32/h2,4-9,16-18,33H,3,10-15,19,32H2,1H3,(H,35,38). The molecule has 1 saturated heterocycles. The van der Waals surface area contributed by atoms with E-state index in [2.05, 4.69) is 15.6 Å². The van der Waals surface area contributed by atoms with Crippen LogP contribution in [0.4, 0.5) is 24.7 Å². The maximum Gasteiger partial charge on any atom is 0.416 e. The molecule has 41 heavy (non-hydrogen) atoms. The number of halogens is 3. The average molecular weight is 591 g/mol. The molecule has 4 rings (SSSR count). The Bertz CT molecular complexity index is 1460. The number of nitrogens with two attached hydrogens (primary N) is 1. The van der Waals surface area contributed by atoms with Gasteiger partial charge in [-0.2, -0.15) is 17.5 Å². The fourth-order valence-corrected chi connectivity index (χ4v) is 5.90. The van der Waals surface area contributed by atoms with Gasteiger partial charge in [0.2, 0.25) is 10.0 Å². The highest BCUT2D eigenvalue weighted by Crippen LogP contribution is 2.32. The maximum atomic E-state index is 13.2. The van der Waals surface area contributed by atoms with E-state index in [4.69, 9.17) is 5.73 Å². The van der Waals surface area contributed by atoms with E-state index in [0.717, 1.165) is 30.7 Å². The second kappa shape index (κ2) is 13.0. The highest BCUT2D eigenvalue weighted by Gasteiger charge is 2.33. The number of alkyl halides is 3. The summed E-state index contributed by atoms with van der Waals surface area (Å²) in [7, 11) is -3.84. The molecule has 0 atom stereocenters. The fraction of sp³-hybridized carbons (Fsp3) is 0.357. The lowest BCUT2D eigenvalue weighted by molar-refractivity contribution is -0.137. The maximum absolute atomic E-state index is 13.2. The number of carbonyl (C=O) groups excluding carboxylic acids is 1. The first-order chi connectivity index (χ1) is 19.5. The van der Waals surface area contributed by atoms with Crippen LogP contribution < -0.4 is 21.3 Å². The largest absolute Gasteiger partial charge is 0.416 e. The van der Waals surface area contributed by atoms with E-state index in [0.29, 0.717) is 24.3 Å². The summed E-state index contributed by atoms with van der Waals surface area (Å²) >= 11 is 0. The Balaban J connectivity index is 1.36. The minimum atomic E-state index is -4.49. The van der Waals surface area contributed by atoms with Gasteiger partial charge in [0.25, 0.3) is 5.91 Å². The lowest BCUT2D eigenvalue weighted by Crippen LogP contribution is -2.49. The van der Waals surface area contributed by atoms with Gasteiger partial charge in [-0.3, -0.25) is 4.79 Å². The third-order valence-electron chi connectivity index (χ3n) is 6.66. The molecule has 4 N–H and O–H groups in total. The number of hydrogen-bond acceptors (Lipinski definition) is 7. The summed E-state index contributed by atoms with van der Waals surface area (Å²) in [5, 5.41) is 6.05. The lowest BCUT2D eigenvalue weighted by Gasteiger charge is -2.35. The zero-order chi connectivity index (χ0) is 29.6. The second-order valence-corrected chi connectivity index (χ2v) is 11.7. The number of pyridine rings is 1. The van der Waals surface area contributed by atoms with Gasteiger partial charge in [0.15, 0.2) is 0 Å². The number of rotatable bonds is 10. The third-order valence-corrected chi connectivity index (χ3v) is 8.57. The molecule has 1 aromatic heterocycles. The topological polar surface area (TPSA) is 121 Å². The molecule has 0 bridgehead atoms. The summed E-state index contributed by atoms with van der Waals surface area (Å²) in [4.78, 5) is 18.7. The average Bonchev–Trinajstić information content (AvgIpc) is 2.95. The first kappa shape index (κ1) is 30.4. The number of piperazine rings is 1. The Labute approximate surface area is 237 Å². The number of aryl methyl sites for hydroxylation is 1. The molecular weight excluding hydrogens is 557 g/mol. The van der Waals surface area contributed by atoms with Gasteiger partial charge in [0.05, 0.1) is 10.5 Å². The zero-order valence-corrected chi connectivity index (χ0v) is 23.4. The van der Waals surface area contributed by atoms with E-state index in [9.17, 15) is 26.4 Å². The molecule has 1 aliphatic rings. The number of amides is 1. The van der Waals surface area contributed by atoms with Crippen molar-refractivity contribution in [3.8, 4) is 0 Å². The summed E-state index contributed by atoms with van der Waals surface area (Å²) in [6, 6.07) is 15.1. The fourth-order valence-electron chi connectivity index (χ4n) is 4.48. The summed E-state index contributed by atoms with van der Waals surface area (Å²) in [6.07, 6.45) is -3.63. The van der Waals surface area contributed by atoms with Crippen molar-refractivity contribution in [2.75, 3.05) is 49.5 Å². The van der Waals surface area contributed by atoms with Crippen molar-refractivity contribution in [3.63, 3.8) is 0 Å². The summed E-state index contributed by atoms with van der Waals surface area (Å²) in [5.74, 6) is -0.151. The van der Waals surface area contributed by atoms with Crippen molar-refractivity contribution in [1.29, 1.82) is 0 Å². The molecule has 1 fully saturated rings. The van der Waals surface area contributed by atoms with Crippen molar-refractivity contribution >= 4 is 27.4 Å². The zero-order valence-electron chi connectivity index (χ0n) is 22.6. The van der Waals surface area contributed by atoms with Gasteiger partial charge in [-0.1, -0.05) is 12.1 Å². The van der Waals surface area contributed by atoms with Crippen LogP contribution in [0.3, 0.4) is 0 Å². The molecule has 1 aliphatic heterocycles. The number of nitrogens with one attached hydrogen (secondary N) is 2. The van der Waals surface area contributed by atoms with Crippen molar-refractivity contribution in [3.05, 3.63) is 83.0 Å². The van der Waals surface area contributed by atoms with Crippen LogP contribution in [0.1, 0.15) is 33.6 Å². The number of carbonyl (C=O) groups is 1. The second-order valence-electron chi connectivity index (χ2n) is 9.74. The van der Waals surface area contributed by atoms with Crippen LogP contribution in [0.25, 0.3) is 0 Å². The Kier molecular flexibility index (Phi) is 9.64. The van der Waals surface area contributed by atoms with Crippen LogP contribution in [-0.4, -0.2) is 62.9 Å². The number of benzene rings is 2. The van der Waals surface area contributed by atoms with Gasteiger partial charge >= 0.3 is 6.18 Å². The van der Waals surface area contributed by atoms with E-state index in [1.807, 2.05) is 6.07 Å².